The number of hydrogen-bond acceptors (Lipinski definition) is 8. The Labute approximate surface area is 157 Å². The number of hydrogen-bond donors (Lipinski definition) is 3. The van der Waals surface area contributed by atoms with Crippen LogP contribution >= 0.6 is 11.3 Å². The van der Waals surface area contributed by atoms with E-state index >= 15 is 0 Å². The molecule has 2 heterocycles. The lowest BCUT2D eigenvalue weighted by Crippen LogP contribution is -2.03. The van der Waals surface area contributed by atoms with Gasteiger partial charge in [-0.25, -0.2) is 9.78 Å². The number of methoxy groups -OCH3 is 1. The Bertz CT molecular complexity index is 1200. The highest BCUT2D eigenvalue weighted by atomic mass is 32.1. The minimum absolute atomic E-state index is 0.0636. The van der Waals surface area contributed by atoms with Gasteiger partial charge in [0.2, 0.25) is 5.75 Å². The molecule has 0 aliphatic carbocycles. The van der Waals surface area contributed by atoms with Gasteiger partial charge in [0.25, 0.3) is 0 Å². The number of nitrogens with zero attached hydrogens (tertiary/aromatic N) is 1. The largest absolute Gasteiger partial charge is 0.504 e. The summed E-state index contributed by atoms with van der Waals surface area (Å²) in [5, 5.41) is 25.3. The molecule has 8 heteroatoms. The minimum Gasteiger partial charge on any atom is -0.504 e. The zero-order valence-corrected chi connectivity index (χ0v) is 14.9. The average Bonchev–Trinajstić information content (AvgIpc) is 3.13. The summed E-state index contributed by atoms with van der Waals surface area (Å²) in [5.41, 5.74) is 0.744. The van der Waals surface area contributed by atoms with E-state index in [4.69, 9.17) is 9.15 Å². The van der Waals surface area contributed by atoms with E-state index in [-0.39, 0.29) is 16.9 Å². The van der Waals surface area contributed by atoms with Crippen molar-refractivity contribution in [3.05, 3.63) is 58.3 Å². The van der Waals surface area contributed by atoms with Crippen molar-refractivity contribution in [3.63, 3.8) is 0 Å². The monoisotopic (exact) mass is 382 g/mol. The molecular formula is C19H14N2O5S. The summed E-state index contributed by atoms with van der Waals surface area (Å²) in [6, 6.07) is 11.9. The first-order valence-corrected chi connectivity index (χ1v) is 8.79. The Kier molecular flexibility index (Phi) is 4.17. The third-order valence-electron chi connectivity index (χ3n) is 3.98. The number of benzene rings is 2. The molecule has 0 aliphatic rings. The Balaban J connectivity index is 1.72. The van der Waals surface area contributed by atoms with Crippen molar-refractivity contribution in [1.82, 2.24) is 4.98 Å². The maximum absolute atomic E-state index is 12.3. The van der Waals surface area contributed by atoms with Gasteiger partial charge in [-0.2, -0.15) is 0 Å². The van der Waals surface area contributed by atoms with Gasteiger partial charge in [-0.1, -0.05) is 12.1 Å². The number of nitrogens with one attached hydrogen (secondary N) is 1. The highest BCUT2D eigenvalue weighted by Gasteiger charge is 2.15. The summed E-state index contributed by atoms with van der Waals surface area (Å²) in [6.45, 7) is 0. The van der Waals surface area contributed by atoms with E-state index in [2.05, 4.69) is 10.3 Å². The Morgan fingerprint density at radius 2 is 2.00 bits per heavy atom. The van der Waals surface area contributed by atoms with Crippen LogP contribution in [0.5, 0.6) is 17.2 Å². The molecule has 0 amide bonds. The van der Waals surface area contributed by atoms with E-state index in [0.29, 0.717) is 22.0 Å². The van der Waals surface area contributed by atoms with E-state index in [1.54, 1.807) is 24.6 Å². The number of rotatable bonds is 4. The van der Waals surface area contributed by atoms with Crippen LogP contribution in [0.2, 0.25) is 0 Å². The van der Waals surface area contributed by atoms with Crippen LogP contribution in [0.4, 0.5) is 10.8 Å². The summed E-state index contributed by atoms with van der Waals surface area (Å²) in [5.74, 6) is -0.141. The fourth-order valence-electron chi connectivity index (χ4n) is 2.66. The van der Waals surface area contributed by atoms with Crippen LogP contribution in [-0.4, -0.2) is 22.3 Å². The Morgan fingerprint density at radius 3 is 2.81 bits per heavy atom. The Hall–Kier alpha value is -3.52. The third kappa shape index (κ3) is 3.06. The molecule has 0 aliphatic heterocycles. The fourth-order valence-corrected chi connectivity index (χ4v) is 3.38. The standard InChI is InChI=1S/C19H14N2O5S/c1-25-15-5-3-2-4-12(15)20-19-21-13(9-27-19)11-8-10-6-7-14(22)16(23)17(10)26-18(11)24/h2-9,22-23H,1H3,(H,20,21). The molecule has 3 N–H and O–H groups in total. The lowest BCUT2D eigenvalue weighted by molar-refractivity contribution is 0.398. The maximum atomic E-state index is 12.3. The molecule has 4 aromatic rings. The second-order valence-corrected chi connectivity index (χ2v) is 6.52. The van der Waals surface area contributed by atoms with Gasteiger partial charge in [-0.3, -0.25) is 0 Å². The maximum Gasteiger partial charge on any atom is 0.345 e. The zero-order valence-electron chi connectivity index (χ0n) is 14.1. The molecule has 0 bridgehead atoms. The van der Waals surface area contributed by atoms with E-state index in [1.165, 1.54) is 17.4 Å². The second-order valence-electron chi connectivity index (χ2n) is 5.66. The number of ether oxygens (including phenoxy) is 1. The first kappa shape index (κ1) is 16.9. The Morgan fingerprint density at radius 1 is 1.19 bits per heavy atom. The molecule has 0 saturated heterocycles. The molecule has 27 heavy (non-hydrogen) atoms. The van der Waals surface area contributed by atoms with Crippen molar-refractivity contribution in [2.75, 3.05) is 12.4 Å². The summed E-state index contributed by atoms with van der Waals surface area (Å²) in [7, 11) is 1.58. The number of aromatic nitrogens is 1. The normalized spacial score (nSPS) is 10.9. The molecule has 0 radical (unpaired) electrons. The van der Waals surface area contributed by atoms with Gasteiger partial charge < -0.3 is 24.7 Å². The van der Waals surface area contributed by atoms with Crippen molar-refractivity contribution in [3.8, 4) is 28.5 Å². The lowest BCUT2D eigenvalue weighted by Gasteiger charge is -2.08. The van der Waals surface area contributed by atoms with Crippen LogP contribution in [-0.2, 0) is 0 Å². The summed E-state index contributed by atoms with van der Waals surface area (Å²) >= 11 is 1.33. The van der Waals surface area contributed by atoms with Crippen LogP contribution in [0, 0.1) is 0 Å². The molecule has 0 unspecified atom stereocenters. The number of phenols is 2. The first-order chi connectivity index (χ1) is 13.1. The summed E-state index contributed by atoms with van der Waals surface area (Å²) < 4.78 is 10.5. The quantitative estimate of drug-likeness (QED) is 0.361. The molecule has 2 aromatic carbocycles. The van der Waals surface area contributed by atoms with Crippen molar-refractivity contribution < 1.29 is 19.4 Å². The van der Waals surface area contributed by atoms with E-state index in [1.807, 2.05) is 24.3 Å². The smallest absolute Gasteiger partial charge is 0.345 e. The molecule has 0 spiro atoms. The molecule has 2 aromatic heterocycles. The van der Waals surface area contributed by atoms with E-state index in [9.17, 15) is 15.0 Å². The predicted molar refractivity (Wildman–Crippen MR) is 103 cm³/mol. The molecule has 0 saturated carbocycles. The molecule has 4 rings (SSSR count). The number of para-hydroxylation sites is 2. The van der Waals surface area contributed by atoms with Crippen LogP contribution in [0.15, 0.2) is 57.1 Å². The van der Waals surface area contributed by atoms with Gasteiger partial charge in [-0.05, 0) is 30.3 Å². The first-order valence-electron chi connectivity index (χ1n) is 7.91. The second kappa shape index (κ2) is 6.65. The number of anilines is 2. The molecule has 7 nitrogen and oxygen atoms in total. The molecule has 0 fully saturated rings. The zero-order chi connectivity index (χ0) is 19.0. The van der Waals surface area contributed by atoms with Crippen LogP contribution in [0.3, 0.4) is 0 Å². The van der Waals surface area contributed by atoms with Crippen LogP contribution < -0.4 is 15.7 Å². The van der Waals surface area contributed by atoms with Gasteiger partial charge in [-0.15, -0.1) is 11.3 Å². The van der Waals surface area contributed by atoms with Gasteiger partial charge in [0.05, 0.1) is 24.1 Å². The summed E-state index contributed by atoms with van der Waals surface area (Å²) in [4.78, 5) is 16.8. The number of phenolic OH excluding ortho intramolecular Hbond substituents is 2. The summed E-state index contributed by atoms with van der Waals surface area (Å²) in [6.07, 6.45) is 0. The third-order valence-corrected chi connectivity index (χ3v) is 4.74. The van der Waals surface area contributed by atoms with Crippen molar-refractivity contribution in [2.24, 2.45) is 0 Å². The number of fused-ring (bicyclic) bond motifs is 1. The number of thiazole rings is 1. The van der Waals surface area contributed by atoms with Crippen molar-refractivity contribution >= 4 is 33.1 Å². The molecule has 136 valence electrons. The van der Waals surface area contributed by atoms with E-state index in [0.717, 1.165) is 5.69 Å². The van der Waals surface area contributed by atoms with Gasteiger partial charge >= 0.3 is 5.63 Å². The number of aromatic hydroxyl groups is 2. The van der Waals surface area contributed by atoms with Crippen molar-refractivity contribution in [1.29, 1.82) is 0 Å². The van der Waals surface area contributed by atoms with Gasteiger partial charge in [0, 0.05) is 10.8 Å². The average molecular weight is 382 g/mol. The molecular weight excluding hydrogens is 368 g/mol. The topological polar surface area (TPSA) is 105 Å². The highest BCUT2D eigenvalue weighted by Crippen LogP contribution is 2.35. The fraction of sp³-hybridized carbons (Fsp3) is 0.0526. The van der Waals surface area contributed by atoms with Crippen LogP contribution in [0.25, 0.3) is 22.2 Å². The predicted octanol–water partition coefficient (Wildman–Crippen LogP) is 4.08. The van der Waals surface area contributed by atoms with Crippen LogP contribution in [0.1, 0.15) is 0 Å². The van der Waals surface area contributed by atoms with Gasteiger partial charge in [0.1, 0.15) is 5.75 Å². The SMILES string of the molecule is COc1ccccc1Nc1nc(-c2cc3ccc(O)c(O)c3oc2=O)cs1. The highest BCUT2D eigenvalue weighted by molar-refractivity contribution is 7.14. The van der Waals surface area contributed by atoms with Gasteiger partial charge in [0.15, 0.2) is 16.5 Å². The molecule has 0 atom stereocenters. The van der Waals surface area contributed by atoms with Crippen molar-refractivity contribution in [2.45, 2.75) is 0 Å². The minimum atomic E-state index is -0.655. The van der Waals surface area contributed by atoms with E-state index < -0.39 is 11.4 Å². The lowest BCUT2D eigenvalue weighted by atomic mass is 10.1.